The van der Waals surface area contributed by atoms with Gasteiger partial charge >= 0.3 is 11.9 Å². The first-order chi connectivity index (χ1) is 15.1. The molecule has 0 aromatic heterocycles. The molecule has 13 nitrogen and oxygen atoms in total. The summed E-state index contributed by atoms with van der Waals surface area (Å²) in [6.45, 7) is 0.477. The van der Waals surface area contributed by atoms with Crippen LogP contribution >= 0.6 is 11.8 Å². The zero-order chi connectivity index (χ0) is 24.1. The van der Waals surface area contributed by atoms with Crippen LogP contribution in [0.15, 0.2) is 5.16 Å². The van der Waals surface area contributed by atoms with Gasteiger partial charge in [-0.2, -0.15) is 11.8 Å². The van der Waals surface area contributed by atoms with Gasteiger partial charge in [-0.25, -0.2) is 0 Å². The summed E-state index contributed by atoms with van der Waals surface area (Å²) in [5.41, 5.74) is 5.26. The molecule has 1 fully saturated rings. The van der Waals surface area contributed by atoms with Crippen molar-refractivity contribution in [3.8, 4) is 0 Å². The average molecular weight is 476 g/mol. The highest BCUT2D eigenvalue weighted by Gasteiger charge is 2.25. The number of amides is 3. The fourth-order valence-electron chi connectivity index (χ4n) is 2.83. The second-order valence-corrected chi connectivity index (χ2v) is 8.16. The van der Waals surface area contributed by atoms with E-state index in [2.05, 4.69) is 15.8 Å². The molecular formula is C18H29N5O8S. The molecule has 32 heavy (non-hydrogen) atoms. The molecule has 0 aromatic rings. The van der Waals surface area contributed by atoms with Gasteiger partial charge in [0.05, 0.1) is 0 Å². The third kappa shape index (κ3) is 9.96. The number of hydrogen-bond acceptors (Lipinski definition) is 9. The van der Waals surface area contributed by atoms with Crippen LogP contribution in [-0.2, 0) is 24.0 Å². The molecule has 1 aliphatic heterocycles. The molecule has 0 saturated carbocycles. The van der Waals surface area contributed by atoms with Gasteiger partial charge in [-0.3, -0.25) is 24.0 Å². The number of nitrogens with one attached hydrogen (secondary N) is 2. The lowest BCUT2D eigenvalue weighted by atomic mass is 10.1. The van der Waals surface area contributed by atoms with Gasteiger partial charge in [0.2, 0.25) is 11.8 Å². The normalized spacial score (nSPS) is 16.0. The molecule has 0 aliphatic carbocycles. The van der Waals surface area contributed by atoms with Gasteiger partial charge in [-0.05, 0) is 25.7 Å². The number of nitrogens with zero attached hydrogens (tertiary/aromatic N) is 2. The molecule has 1 saturated heterocycles. The van der Waals surface area contributed by atoms with Crippen LogP contribution in [0.3, 0.4) is 0 Å². The maximum atomic E-state index is 12.4. The van der Waals surface area contributed by atoms with E-state index < -0.39 is 48.3 Å². The number of carbonyl (C=O) groups is 5. The van der Waals surface area contributed by atoms with Crippen LogP contribution in [0.5, 0.6) is 0 Å². The SMILES string of the molecule is NC(CCC(=O)NC(CSCC(=NO)C(=O)N1CCCCC1)C(=O)NCC(=O)O)C(=O)O. The Morgan fingerprint density at radius 3 is 2.31 bits per heavy atom. The number of carbonyl (C=O) groups excluding carboxylic acids is 3. The average Bonchev–Trinajstić information content (AvgIpc) is 2.77. The second kappa shape index (κ2) is 14.2. The lowest BCUT2D eigenvalue weighted by molar-refractivity contribution is -0.139. The van der Waals surface area contributed by atoms with Crippen molar-refractivity contribution in [2.24, 2.45) is 10.9 Å². The Hall–Kier alpha value is -2.87. The van der Waals surface area contributed by atoms with Gasteiger partial charge < -0.3 is 36.7 Å². The smallest absolute Gasteiger partial charge is 0.322 e. The van der Waals surface area contributed by atoms with E-state index in [0.29, 0.717) is 13.1 Å². The summed E-state index contributed by atoms with van der Waals surface area (Å²) in [4.78, 5) is 59.9. The Balaban J connectivity index is 2.66. The number of nitrogens with two attached hydrogens (primary N) is 1. The highest BCUT2D eigenvalue weighted by atomic mass is 32.2. The minimum absolute atomic E-state index is 0.0334. The van der Waals surface area contributed by atoms with Crippen molar-refractivity contribution in [2.45, 2.75) is 44.2 Å². The van der Waals surface area contributed by atoms with Gasteiger partial charge in [0, 0.05) is 31.0 Å². The van der Waals surface area contributed by atoms with Crippen molar-refractivity contribution in [3.05, 3.63) is 0 Å². The van der Waals surface area contributed by atoms with Crippen molar-refractivity contribution in [3.63, 3.8) is 0 Å². The first kappa shape index (κ1) is 27.2. The zero-order valence-electron chi connectivity index (χ0n) is 17.5. The molecule has 2 atom stereocenters. The lowest BCUT2D eigenvalue weighted by Gasteiger charge is -2.26. The summed E-state index contributed by atoms with van der Waals surface area (Å²) >= 11 is 1.04. The molecule has 2 unspecified atom stereocenters. The van der Waals surface area contributed by atoms with Gasteiger partial charge in [0.25, 0.3) is 5.91 Å². The Kier molecular flexibility index (Phi) is 12.1. The maximum absolute atomic E-state index is 12.4. The highest BCUT2D eigenvalue weighted by molar-refractivity contribution is 8.00. The topological polar surface area (TPSA) is 212 Å². The molecule has 1 rings (SSSR count). The molecular weight excluding hydrogens is 446 g/mol. The number of aliphatic carboxylic acids is 2. The molecule has 1 heterocycles. The molecule has 3 amide bonds. The maximum Gasteiger partial charge on any atom is 0.322 e. The second-order valence-electron chi connectivity index (χ2n) is 7.13. The Bertz CT molecular complexity index is 726. The van der Waals surface area contributed by atoms with E-state index in [0.717, 1.165) is 31.0 Å². The monoisotopic (exact) mass is 475 g/mol. The van der Waals surface area contributed by atoms with Gasteiger partial charge in [0.1, 0.15) is 18.6 Å². The van der Waals surface area contributed by atoms with Crippen molar-refractivity contribution in [1.82, 2.24) is 15.5 Å². The molecule has 7 N–H and O–H groups in total. The fraction of sp³-hybridized carbons (Fsp3) is 0.667. The predicted octanol–water partition coefficient (Wildman–Crippen LogP) is -1.56. The molecule has 0 radical (unpaired) electrons. The summed E-state index contributed by atoms with van der Waals surface area (Å²) in [5, 5.41) is 34.3. The van der Waals surface area contributed by atoms with Gasteiger partial charge in [-0.15, -0.1) is 0 Å². The first-order valence-corrected chi connectivity index (χ1v) is 11.2. The van der Waals surface area contributed by atoms with Gasteiger partial charge in [0.15, 0.2) is 5.71 Å². The van der Waals surface area contributed by atoms with Crippen LogP contribution in [0.4, 0.5) is 0 Å². The Labute approximate surface area is 188 Å². The van der Waals surface area contributed by atoms with Crippen molar-refractivity contribution < 1.29 is 39.4 Å². The minimum atomic E-state index is -1.27. The number of carboxylic acids is 2. The van der Waals surface area contributed by atoms with E-state index in [9.17, 15) is 29.2 Å². The van der Waals surface area contributed by atoms with E-state index >= 15 is 0 Å². The first-order valence-electron chi connectivity index (χ1n) is 10.0. The quantitative estimate of drug-likeness (QED) is 0.102. The summed E-state index contributed by atoms with van der Waals surface area (Å²) in [6, 6.07) is -2.39. The minimum Gasteiger partial charge on any atom is -0.480 e. The van der Waals surface area contributed by atoms with Crippen LogP contribution in [0, 0.1) is 0 Å². The summed E-state index contributed by atoms with van der Waals surface area (Å²) in [5.74, 6) is -4.43. The Morgan fingerprint density at radius 2 is 1.75 bits per heavy atom. The number of carboxylic acid groups (broad SMARTS) is 2. The number of hydrogen-bond donors (Lipinski definition) is 6. The molecule has 1 aliphatic rings. The van der Waals surface area contributed by atoms with Crippen LogP contribution in [0.1, 0.15) is 32.1 Å². The summed E-state index contributed by atoms with van der Waals surface area (Å²) in [6.07, 6.45) is 2.34. The Morgan fingerprint density at radius 1 is 1.09 bits per heavy atom. The molecule has 0 aromatic carbocycles. The van der Waals surface area contributed by atoms with Crippen molar-refractivity contribution >= 4 is 47.1 Å². The van der Waals surface area contributed by atoms with Crippen molar-refractivity contribution in [1.29, 1.82) is 0 Å². The van der Waals surface area contributed by atoms with E-state index in [1.54, 1.807) is 4.90 Å². The zero-order valence-corrected chi connectivity index (χ0v) is 18.3. The van der Waals surface area contributed by atoms with E-state index in [1.165, 1.54) is 0 Å². The van der Waals surface area contributed by atoms with Crippen molar-refractivity contribution in [2.75, 3.05) is 31.1 Å². The largest absolute Gasteiger partial charge is 0.480 e. The van der Waals surface area contributed by atoms with Crippen LogP contribution in [0.2, 0.25) is 0 Å². The molecule has 0 spiro atoms. The number of thioether (sulfide) groups is 1. The van der Waals surface area contributed by atoms with E-state index in [4.69, 9.17) is 15.9 Å². The lowest BCUT2D eigenvalue weighted by Crippen LogP contribution is -2.49. The van der Waals surface area contributed by atoms with Crippen LogP contribution < -0.4 is 16.4 Å². The molecule has 180 valence electrons. The van der Waals surface area contributed by atoms with E-state index in [1.807, 2.05) is 0 Å². The fourth-order valence-corrected chi connectivity index (χ4v) is 3.79. The van der Waals surface area contributed by atoms with Crippen LogP contribution in [0.25, 0.3) is 0 Å². The highest BCUT2D eigenvalue weighted by Crippen LogP contribution is 2.12. The number of likely N-dealkylation sites (tertiary alicyclic amines) is 1. The van der Waals surface area contributed by atoms with Gasteiger partial charge in [-0.1, -0.05) is 5.16 Å². The third-order valence-electron chi connectivity index (χ3n) is 4.60. The van der Waals surface area contributed by atoms with Crippen LogP contribution in [-0.4, -0.2) is 98.9 Å². The number of piperidine rings is 1. The summed E-state index contributed by atoms with van der Waals surface area (Å²) in [7, 11) is 0. The molecule has 0 bridgehead atoms. The number of rotatable bonds is 13. The predicted molar refractivity (Wildman–Crippen MR) is 114 cm³/mol. The molecule has 14 heteroatoms. The third-order valence-corrected chi connectivity index (χ3v) is 5.65. The number of oxime groups is 1. The summed E-state index contributed by atoms with van der Waals surface area (Å²) < 4.78 is 0. The standard InChI is InChI=1S/C18H29N5O8S/c19-11(18(29)30)4-5-14(24)21-12(16(27)20-8-15(25)26)9-32-10-13(22-31)17(28)23-6-2-1-3-7-23/h11-12,31H,1-10,19H2,(H,20,27)(H,21,24)(H,25,26)(H,29,30). The van der Waals surface area contributed by atoms with E-state index in [-0.39, 0.29) is 30.1 Å².